The van der Waals surface area contributed by atoms with E-state index in [1.54, 1.807) is 6.20 Å². The van der Waals surface area contributed by atoms with Crippen LogP contribution in [0.1, 0.15) is 34.8 Å². The van der Waals surface area contributed by atoms with Crippen molar-refractivity contribution in [3.8, 4) is 28.4 Å². The van der Waals surface area contributed by atoms with Crippen LogP contribution in [-0.4, -0.2) is 27.5 Å². The van der Waals surface area contributed by atoms with E-state index in [1.165, 1.54) is 11.3 Å². The maximum absolute atomic E-state index is 13.1. The van der Waals surface area contributed by atoms with Gasteiger partial charge in [0.2, 0.25) is 6.79 Å². The number of aromatic nitrogens is 3. The molecule has 0 saturated heterocycles. The summed E-state index contributed by atoms with van der Waals surface area (Å²) >= 11 is 1.39. The number of anilines is 1. The molecule has 31 heavy (non-hydrogen) atoms. The van der Waals surface area contributed by atoms with Crippen LogP contribution in [0.3, 0.4) is 0 Å². The summed E-state index contributed by atoms with van der Waals surface area (Å²) < 4.78 is 12.7. The van der Waals surface area contributed by atoms with Gasteiger partial charge in [-0.05, 0) is 43.2 Å². The van der Waals surface area contributed by atoms with Crippen molar-refractivity contribution in [1.82, 2.24) is 14.8 Å². The molecule has 154 valence electrons. The average Bonchev–Trinajstić information content (AvgIpc) is 3.19. The minimum Gasteiger partial charge on any atom is -0.454 e. The van der Waals surface area contributed by atoms with E-state index in [-0.39, 0.29) is 12.7 Å². The van der Waals surface area contributed by atoms with Crippen molar-refractivity contribution in [1.29, 1.82) is 0 Å². The highest BCUT2D eigenvalue weighted by molar-refractivity contribution is 7.14. The molecule has 0 atom stereocenters. The largest absolute Gasteiger partial charge is 0.454 e. The summed E-state index contributed by atoms with van der Waals surface area (Å²) in [7, 11) is 0. The number of ether oxygens (including phenoxy) is 2. The molecule has 8 heteroatoms. The minimum atomic E-state index is -0.185. The Morgan fingerprint density at radius 1 is 1.10 bits per heavy atom. The Kier molecular flexibility index (Phi) is 4.24. The number of amides is 1. The summed E-state index contributed by atoms with van der Waals surface area (Å²) in [6, 6.07) is 15.6. The second-order valence-corrected chi connectivity index (χ2v) is 8.38. The molecule has 4 aromatic rings. The third-order valence-corrected chi connectivity index (χ3v) is 6.17. The third-order valence-electron chi connectivity index (χ3n) is 5.41. The first kappa shape index (κ1) is 18.1. The number of carbonyl (C=O) groups is 1. The Morgan fingerprint density at radius 3 is 2.77 bits per heavy atom. The molecule has 7 nitrogen and oxygen atoms in total. The summed E-state index contributed by atoms with van der Waals surface area (Å²) in [6.07, 6.45) is 3.80. The molecule has 0 spiro atoms. The fourth-order valence-corrected chi connectivity index (χ4v) is 4.46. The highest BCUT2D eigenvalue weighted by atomic mass is 32.1. The van der Waals surface area contributed by atoms with Crippen LogP contribution < -0.4 is 14.8 Å². The number of thiazole rings is 1. The summed E-state index contributed by atoms with van der Waals surface area (Å²) in [5.41, 5.74) is 4.22. The molecule has 0 radical (unpaired) electrons. The van der Waals surface area contributed by atoms with Gasteiger partial charge < -0.3 is 9.47 Å². The van der Waals surface area contributed by atoms with Crippen LogP contribution in [0.15, 0.2) is 60.1 Å². The van der Waals surface area contributed by atoms with Crippen LogP contribution in [0, 0.1) is 0 Å². The molecule has 1 N–H and O–H groups in total. The van der Waals surface area contributed by atoms with E-state index in [2.05, 4.69) is 15.4 Å². The fourth-order valence-electron chi connectivity index (χ4n) is 3.74. The number of fused-ring (bicyclic) bond motifs is 1. The van der Waals surface area contributed by atoms with Crippen LogP contribution in [0.5, 0.6) is 11.5 Å². The zero-order valence-corrected chi connectivity index (χ0v) is 17.3. The lowest BCUT2D eigenvalue weighted by molar-refractivity contribution is 0.102. The van der Waals surface area contributed by atoms with Crippen molar-refractivity contribution in [3.05, 3.63) is 71.4 Å². The normalized spacial score (nSPS) is 14.6. The Balaban J connectivity index is 1.26. The van der Waals surface area contributed by atoms with Gasteiger partial charge in [-0.25, -0.2) is 9.67 Å². The molecule has 1 saturated carbocycles. The Labute approximate surface area is 182 Å². The zero-order valence-electron chi connectivity index (χ0n) is 16.4. The van der Waals surface area contributed by atoms with E-state index in [9.17, 15) is 4.79 Å². The van der Waals surface area contributed by atoms with E-state index in [1.807, 2.05) is 58.6 Å². The van der Waals surface area contributed by atoms with Crippen LogP contribution in [0.4, 0.5) is 5.13 Å². The first-order valence-corrected chi connectivity index (χ1v) is 10.9. The lowest BCUT2D eigenvalue weighted by Gasteiger charge is -2.08. The number of benzene rings is 2. The number of rotatable bonds is 5. The van der Waals surface area contributed by atoms with Crippen molar-refractivity contribution in [3.63, 3.8) is 0 Å². The predicted molar refractivity (Wildman–Crippen MR) is 117 cm³/mol. The SMILES string of the molecule is O=C(Nc1nc(-c2ccc3c(c2)OCO3)cs1)c1cnn(-c2ccccc2)c1C1CC1. The molecular formula is C23H18N4O3S. The molecule has 2 aromatic carbocycles. The molecule has 1 fully saturated rings. The van der Waals surface area contributed by atoms with Gasteiger partial charge in [0.15, 0.2) is 16.6 Å². The van der Waals surface area contributed by atoms with E-state index in [0.717, 1.165) is 41.2 Å². The number of hydrogen-bond donors (Lipinski definition) is 1. The van der Waals surface area contributed by atoms with E-state index in [0.29, 0.717) is 22.4 Å². The summed E-state index contributed by atoms with van der Waals surface area (Å²) in [5, 5.41) is 9.92. The van der Waals surface area contributed by atoms with Gasteiger partial charge in [0.25, 0.3) is 5.91 Å². The molecule has 1 amide bonds. The van der Waals surface area contributed by atoms with Crippen molar-refractivity contribution in [2.75, 3.05) is 12.1 Å². The molecule has 1 aliphatic carbocycles. The van der Waals surface area contributed by atoms with Crippen LogP contribution in [0.2, 0.25) is 0 Å². The first-order valence-electron chi connectivity index (χ1n) is 10.1. The highest BCUT2D eigenvalue weighted by Gasteiger charge is 2.33. The van der Waals surface area contributed by atoms with Gasteiger partial charge >= 0.3 is 0 Å². The molecule has 0 unspecified atom stereocenters. The van der Waals surface area contributed by atoms with E-state index < -0.39 is 0 Å². The van der Waals surface area contributed by atoms with Gasteiger partial charge in [-0.3, -0.25) is 10.1 Å². The van der Waals surface area contributed by atoms with Crippen molar-refractivity contribution >= 4 is 22.4 Å². The van der Waals surface area contributed by atoms with Crippen LogP contribution >= 0.6 is 11.3 Å². The Hall–Kier alpha value is -3.65. The maximum Gasteiger partial charge on any atom is 0.260 e. The second-order valence-electron chi connectivity index (χ2n) is 7.53. The number of nitrogens with zero attached hydrogens (tertiary/aromatic N) is 3. The van der Waals surface area contributed by atoms with Gasteiger partial charge in [0.1, 0.15) is 0 Å². The van der Waals surface area contributed by atoms with Crippen LogP contribution in [-0.2, 0) is 0 Å². The van der Waals surface area contributed by atoms with Gasteiger partial charge in [0, 0.05) is 16.9 Å². The summed E-state index contributed by atoms with van der Waals surface area (Å²) in [4.78, 5) is 17.7. The molecule has 3 heterocycles. The van der Waals surface area contributed by atoms with Crippen LogP contribution in [0.25, 0.3) is 16.9 Å². The van der Waals surface area contributed by atoms with E-state index in [4.69, 9.17) is 9.47 Å². The van der Waals surface area contributed by atoms with E-state index >= 15 is 0 Å². The Bertz CT molecular complexity index is 1280. The first-order chi connectivity index (χ1) is 15.3. The molecule has 2 aliphatic rings. The van der Waals surface area contributed by atoms with Gasteiger partial charge in [0.05, 0.1) is 28.8 Å². The molecular weight excluding hydrogens is 412 g/mol. The van der Waals surface area contributed by atoms with Gasteiger partial charge in [-0.2, -0.15) is 5.10 Å². The standard InChI is InChI=1S/C23H18N4O3S/c28-22(17-11-24-27(21(17)14-6-7-14)16-4-2-1-3-5-16)26-23-25-18(12-31-23)15-8-9-19-20(10-15)30-13-29-19/h1-5,8-12,14H,6-7,13H2,(H,25,26,28). The Morgan fingerprint density at radius 2 is 1.94 bits per heavy atom. The number of carbonyl (C=O) groups excluding carboxylic acids is 1. The fraction of sp³-hybridized carbons (Fsp3) is 0.174. The van der Waals surface area contributed by atoms with Crippen molar-refractivity contribution in [2.45, 2.75) is 18.8 Å². The number of hydrogen-bond acceptors (Lipinski definition) is 6. The molecule has 0 bridgehead atoms. The average molecular weight is 430 g/mol. The summed E-state index contributed by atoms with van der Waals surface area (Å²) in [6.45, 7) is 0.233. The molecule has 1 aliphatic heterocycles. The zero-order chi connectivity index (χ0) is 20.8. The smallest absolute Gasteiger partial charge is 0.260 e. The third kappa shape index (κ3) is 3.34. The van der Waals surface area contributed by atoms with Gasteiger partial charge in [-0.1, -0.05) is 18.2 Å². The number of para-hydroxylation sites is 1. The number of nitrogens with one attached hydrogen (secondary N) is 1. The maximum atomic E-state index is 13.1. The van der Waals surface area contributed by atoms with Crippen molar-refractivity contribution in [2.24, 2.45) is 0 Å². The topological polar surface area (TPSA) is 78.3 Å². The van der Waals surface area contributed by atoms with Crippen molar-refractivity contribution < 1.29 is 14.3 Å². The summed E-state index contributed by atoms with van der Waals surface area (Å²) in [5.74, 6) is 1.62. The van der Waals surface area contributed by atoms with Gasteiger partial charge in [-0.15, -0.1) is 11.3 Å². The lowest BCUT2D eigenvalue weighted by Crippen LogP contribution is -2.14. The highest BCUT2D eigenvalue weighted by Crippen LogP contribution is 2.43. The molecule has 6 rings (SSSR count). The monoisotopic (exact) mass is 430 g/mol. The quantitative estimate of drug-likeness (QED) is 0.490. The lowest BCUT2D eigenvalue weighted by atomic mass is 10.1. The molecule has 2 aromatic heterocycles. The predicted octanol–water partition coefficient (Wildman–Crippen LogP) is 4.85. The second kappa shape index (κ2) is 7.24. The minimum absolute atomic E-state index is 0.185.